The van der Waals surface area contributed by atoms with Gasteiger partial charge in [-0.05, 0) is 30.7 Å². The number of nitro groups is 1. The summed E-state index contributed by atoms with van der Waals surface area (Å²) in [6.45, 7) is 2.18. The lowest BCUT2D eigenvalue weighted by molar-refractivity contribution is -0.384. The predicted molar refractivity (Wildman–Crippen MR) is 105 cm³/mol. The Morgan fingerprint density at radius 2 is 1.93 bits per heavy atom. The number of aromatic nitrogens is 2. The third-order valence-electron chi connectivity index (χ3n) is 4.06. The number of ether oxygens (including phenoxy) is 1. The SMILES string of the molecule is CCOC(=O)c1cc(C(=O)Nc2ccccc2Cn2cccn2)cc([N+](=O)[O-])c1. The van der Waals surface area contributed by atoms with Gasteiger partial charge in [-0.2, -0.15) is 5.10 Å². The van der Waals surface area contributed by atoms with Gasteiger partial charge in [0.1, 0.15) is 0 Å². The zero-order chi connectivity index (χ0) is 20.8. The fraction of sp³-hybridized carbons (Fsp3) is 0.150. The Kier molecular flexibility index (Phi) is 5.98. The molecule has 0 unspecified atom stereocenters. The van der Waals surface area contributed by atoms with Gasteiger partial charge in [0.05, 0.1) is 23.6 Å². The summed E-state index contributed by atoms with van der Waals surface area (Å²) in [6, 6.07) is 12.4. The van der Waals surface area contributed by atoms with Crippen LogP contribution in [0.2, 0.25) is 0 Å². The van der Waals surface area contributed by atoms with E-state index < -0.39 is 16.8 Å². The highest BCUT2D eigenvalue weighted by atomic mass is 16.6. The molecule has 1 N–H and O–H groups in total. The summed E-state index contributed by atoms with van der Waals surface area (Å²) in [4.78, 5) is 35.3. The van der Waals surface area contributed by atoms with Crippen LogP contribution in [0.3, 0.4) is 0 Å². The van der Waals surface area contributed by atoms with Crippen LogP contribution in [0.25, 0.3) is 0 Å². The molecule has 0 saturated carbocycles. The van der Waals surface area contributed by atoms with Crippen molar-refractivity contribution in [1.82, 2.24) is 9.78 Å². The van der Waals surface area contributed by atoms with E-state index >= 15 is 0 Å². The zero-order valence-electron chi connectivity index (χ0n) is 15.6. The van der Waals surface area contributed by atoms with Crippen LogP contribution in [0.4, 0.5) is 11.4 Å². The van der Waals surface area contributed by atoms with Gasteiger partial charge in [-0.1, -0.05) is 18.2 Å². The Balaban J connectivity index is 1.89. The second kappa shape index (κ2) is 8.79. The molecule has 3 rings (SSSR count). The Morgan fingerprint density at radius 1 is 1.17 bits per heavy atom. The number of para-hydroxylation sites is 1. The number of nitrogens with one attached hydrogen (secondary N) is 1. The Morgan fingerprint density at radius 3 is 2.62 bits per heavy atom. The van der Waals surface area contributed by atoms with Gasteiger partial charge in [0.2, 0.25) is 0 Å². The third kappa shape index (κ3) is 4.83. The molecule has 0 aliphatic heterocycles. The van der Waals surface area contributed by atoms with E-state index in [9.17, 15) is 19.7 Å². The number of hydrogen-bond acceptors (Lipinski definition) is 6. The molecule has 3 aromatic rings. The largest absolute Gasteiger partial charge is 0.462 e. The smallest absolute Gasteiger partial charge is 0.338 e. The third-order valence-corrected chi connectivity index (χ3v) is 4.06. The van der Waals surface area contributed by atoms with Crippen molar-refractivity contribution in [2.24, 2.45) is 0 Å². The first-order chi connectivity index (χ1) is 14.0. The van der Waals surface area contributed by atoms with E-state index in [4.69, 9.17) is 4.74 Å². The zero-order valence-corrected chi connectivity index (χ0v) is 15.6. The van der Waals surface area contributed by atoms with Crippen LogP contribution in [-0.4, -0.2) is 33.2 Å². The quantitative estimate of drug-likeness (QED) is 0.373. The molecule has 1 amide bonds. The molecule has 0 radical (unpaired) electrons. The molecule has 0 atom stereocenters. The number of rotatable bonds is 7. The standard InChI is InChI=1S/C20H18N4O5/c1-2-29-20(26)16-10-15(11-17(12-16)24(27)28)19(25)22-18-7-4-3-6-14(18)13-23-9-5-8-21-23/h3-12H,2,13H2,1H3,(H,22,25). The van der Waals surface area contributed by atoms with Crippen molar-refractivity contribution in [2.45, 2.75) is 13.5 Å². The lowest BCUT2D eigenvalue weighted by atomic mass is 10.1. The van der Waals surface area contributed by atoms with Crippen LogP contribution < -0.4 is 5.32 Å². The number of nitro benzene ring substituents is 1. The molecule has 0 aliphatic rings. The van der Waals surface area contributed by atoms with Gasteiger partial charge in [-0.15, -0.1) is 0 Å². The van der Waals surface area contributed by atoms with Crippen LogP contribution in [0.1, 0.15) is 33.2 Å². The molecule has 9 nitrogen and oxygen atoms in total. The molecule has 148 valence electrons. The summed E-state index contributed by atoms with van der Waals surface area (Å²) in [7, 11) is 0. The van der Waals surface area contributed by atoms with E-state index in [1.54, 1.807) is 42.2 Å². The maximum absolute atomic E-state index is 12.8. The monoisotopic (exact) mass is 394 g/mol. The van der Waals surface area contributed by atoms with E-state index in [0.717, 1.165) is 17.7 Å². The number of esters is 1. The molecule has 0 spiro atoms. The number of nitrogens with zero attached hydrogens (tertiary/aromatic N) is 3. The molecule has 1 heterocycles. The molecule has 9 heteroatoms. The normalized spacial score (nSPS) is 10.4. The van der Waals surface area contributed by atoms with Gasteiger partial charge < -0.3 is 10.1 Å². The number of carbonyl (C=O) groups is 2. The second-order valence-corrected chi connectivity index (χ2v) is 6.06. The van der Waals surface area contributed by atoms with Crippen molar-refractivity contribution in [2.75, 3.05) is 11.9 Å². The van der Waals surface area contributed by atoms with E-state index in [1.807, 2.05) is 12.1 Å². The van der Waals surface area contributed by atoms with Crippen LogP contribution in [0, 0.1) is 10.1 Å². The fourth-order valence-electron chi connectivity index (χ4n) is 2.72. The van der Waals surface area contributed by atoms with E-state index in [2.05, 4.69) is 10.4 Å². The molecule has 2 aromatic carbocycles. The van der Waals surface area contributed by atoms with Gasteiger partial charge in [0.15, 0.2) is 0 Å². The van der Waals surface area contributed by atoms with Gasteiger partial charge in [0, 0.05) is 35.8 Å². The number of carbonyl (C=O) groups excluding carboxylic acids is 2. The highest BCUT2D eigenvalue weighted by Gasteiger charge is 2.19. The Bertz CT molecular complexity index is 1050. The van der Waals surface area contributed by atoms with Crippen molar-refractivity contribution >= 4 is 23.3 Å². The first-order valence-corrected chi connectivity index (χ1v) is 8.81. The second-order valence-electron chi connectivity index (χ2n) is 6.06. The molecular formula is C20H18N4O5. The van der Waals surface area contributed by atoms with Crippen LogP contribution in [0.5, 0.6) is 0 Å². The molecular weight excluding hydrogens is 376 g/mol. The summed E-state index contributed by atoms with van der Waals surface area (Å²) < 4.78 is 6.60. The Labute approximate surface area is 166 Å². The van der Waals surface area contributed by atoms with Gasteiger partial charge in [-0.25, -0.2) is 4.79 Å². The predicted octanol–water partition coefficient (Wildman–Crippen LogP) is 3.27. The molecule has 0 saturated heterocycles. The van der Waals surface area contributed by atoms with Gasteiger partial charge in [-0.3, -0.25) is 19.6 Å². The summed E-state index contributed by atoms with van der Waals surface area (Å²) >= 11 is 0. The minimum atomic E-state index is -0.732. The molecule has 0 fully saturated rings. The number of amides is 1. The van der Waals surface area contributed by atoms with E-state index in [0.29, 0.717) is 12.2 Å². The van der Waals surface area contributed by atoms with Crippen molar-refractivity contribution in [1.29, 1.82) is 0 Å². The molecule has 0 aliphatic carbocycles. The lowest BCUT2D eigenvalue weighted by Crippen LogP contribution is -2.16. The average Bonchev–Trinajstić information content (AvgIpc) is 3.22. The highest BCUT2D eigenvalue weighted by Crippen LogP contribution is 2.21. The number of benzene rings is 2. The van der Waals surface area contributed by atoms with E-state index in [-0.39, 0.29) is 23.4 Å². The van der Waals surface area contributed by atoms with Crippen molar-refractivity contribution < 1.29 is 19.2 Å². The molecule has 29 heavy (non-hydrogen) atoms. The highest BCUT2D eigenvalue weighted by molar-refractivity contribution is 6.06. The lowest BCUT2D eigenvalue weighted by Gasteiger charge is -2.12. The number of anilines is 1. The van der Waals surface area contributed by atoms with Crippen molar-refractivity contribution in [3.05, 3.63) is 87.7 Å². The Hall–Kier alpha value is -4.01. The maximum atomic E-state index is 12.8. The number of non-ortho nitro benzene ring substituents is 1. The summed E-state index contributed by atoms with van der Waals surface area (Å²) in [5, 5.41) is 18.1. The van der Waals surface area contributed by atoms with Gasteiger partial charge >= 0.3 is 5.97 Å². The number of hydrogen-bond donors (Lipinski definition) is 1. The molecule has 1 aromatic heterocycles. The summed E-state index contributed by atoms with van der Waals surface area (Å²) in [5.41, 5.74) is 0.899. The van der Waals surface area contributed by atoms with Crippen LogP contribution >= 0.6 is 0 Å². The fourth-order valence-corrected chi connectivity index (χ4v) is 2.72. The molecule has 0 bridgehead atoms. The van der Waals surface area contributed by atoms with Crippen LogP contribution in [-0.2, 0) is 11.3 Å². The topological polar surface area (TPSA) is 116 Å². The van der Waals surface area contributed by atoms with Crippen molar-refractivity contribution in [3.8, 4) is 0 Å². The summed E-state index contributed by atoms with van der Waals surface area (Å²) in [5.74, 6) is -1.31. The first-order valence-electron chi connectivity index (χ1n) is 8.81. The maximum Gasteiger partial charge on any atom is 0.338 e. The minimum Gasteiger partial charge on any atom is -0.462 e. The summed E-state index contributed by atoms with van der Waals surface area (Å²) in [6.07, 6.45) is 3.45. The van der Waals surface area contributed by atoms with Crippen LogP contribution in [0.15, 0.2) is 60.9 Å². The average molecular weight is 394 g/mol. The van der Waals surface area contributed by atoms with Crippen molar-refractivity contribution in [3.63, 3.8) is 0 Å². The minimum absolute atomic E-state index is 0.0175. The first kappa shape index (κ1) is 19.7. The van der Waals surface area contributed by atoms with Gasteiger partial charge in [0.25, 0.3) is 11.6 Å². The van der Waals surface area contributed by atoms with E-state index in [1.165, 1.54) is 6.07 Å².